The summed E-state index contributed by atoms with van der Waals surface area (Å²) in [6.07, 6.45) is 0. The average molecular weight is 471 g/mol. The minimum absolute atomic E-state index is 0.130. The number of aryl methyl sites for hydroxylation is 1. The Bertz CT molecular complexity index is 1340. The first kappa shape index (κ1) is 23.3. The van der Waals surface area contributed by atoms with Crippen LogP contribution < -0.4 is 9.62 Å². The molecule has 0 saturated heterocycles. The minimum atomic E-state index is -3.95. The zero-order valence-electron chi connectivity index (χ0n) is 18.8. The summed E-state index contributed by atoms with van der Waals surface area (Å²) in [5.74, 6) is -0.404. The predicted octanol–water partition coefficient (Wildman–Crippen LogP) is 5.10. The third kappa shape index (κ3) is 5.35. The van der Waals surface area contributed by atoms with Crippen LogP contribution in [-0.2, 0) is 14.8 Å². The fourth-order valence-electron chi connectivity index (χ4n) is 3.82. The van der Waals surface area contributed by atoms with Crippen LogP contribution in [0.15, 0.2) is 120 Å². The first-order valence-corrected chi connectivity index (χ1v) is 12.4. The maximum absolute atomic E-state index is 13.5. The van der Waals surface area contributed by atoms with Crippen molar-refractivity contribution in [1.82, 2.24) is 5.32 Å². The normalized spacial score (nSPS) is 12.0. The summed E-state index contributed by atoms with van der Waals surface area (Å²) >= 11 is 0. The molecule has 0 aliphatic carbocycles. The van der Waals surface area contributed by atoms with Gasteiger partial charge < -0.3 is 5.32 Å². The van der Waals surface area contributed by atoms with E-state index in [0.29, 0.717) is 5.69 Å². The van der Waals surface area contributed by atoms with Gasteiger partial charge in [-0.2, -0.15) is 0 Å². The number of carbonyl (C=O) groups excluding carboxylic acids is 1. The van der Waals surface area contributed by atoms with Crippen LogP contribution in [0.2, 0.25) is 0 Å². The third-order valence-electron chi connectivity index (χ3n) is 5.48. The van der Waals surface area contributed by atoms with Crippen LogP contribution in [0.4, 0.5) is 5.69 Å². The zero-order valence-corrected chi connectivity index (χ0v) is 19.7. The molecule has 0 bridgehead atoms. The quantitative estimate of drug-likeness (QED) is 0.390. The lowest BCUT2D eigenvalue weighted by Crippen LogP contribution is -2.42. The summed E-state index contributed by atoms with van der Waals surface area (Å²) < 4.78 is 28.1. The lowest BCUT2D eigenvalue weighted by Gasteiger charge is -2.26. The first-order valence-electron chi connectivity index (χ1n) is 11.0. The van der Waals surface area contributed by atoms with Crippen LogP contribution in [0.1, 0.15) is 22.7 Å². The number of sulfonamides is 1. The van der Waals surface area contributed by atoms with E-state index >= 15 is 0 Å². The van der Waals surface area contributed by atoms with Gasteiger partial charge in [-0.25, -0.2) is 8.42 Å². The number of para-hydroxylation sites is 1. The molecule has 1 unspecified atom stereocenters. The predicted molar refractivity (Wildman–Crippen MR) is 135 cm³/mol. The fraction of sp³-hybridized carbons (Fsp3) is 0.107. The van der Waals surface area contributed by atoms with Gasteiger partial charge in [0.2, 0.25) is 5.91 Å². The van der Waals surface area contributed by atoms with E-state index in [-0.39, 0.29) is 11.4 Å². The summed E-state index contributed by atoms with van der Waals surface area (Å²) in [5.41, 5.74) is 3.34. The van der Waals surface area contributed by atoms with Crippen LogP contribution in [0, 0.1) is 6.92 Å². The molecule has 1 amide bonds. The summed E-state index contributed by atoms with van der Waals surface area (Å²) in [7, 11) is -3.95. The van der Waals surface area contributed by atoms with E-state index in [0.717, 1.165) is 21.0 Å². The van der Waals surface area contributed by atoms with E-state index in [4.69, 9.17) is 0 Å². The number of hydrogen-bond donors (Lipinski definition) is 1. The third-order valence-corrected chi connectivity index (χ3v) is 7.26. The zero-order chi connectivity index (χ0) is 24.0. The molecule has 0 heterocycles. The molecule has 0 aliphatic rings. The van der Waals surface area contributed by atoms with Crippen molar-refractivity contribution in [2.24, 2.45) is 0 Å². The molecule has 5 nitrogen and oxygen atoms in total. The first-order chi connectivity index (χ1) is 16.4. The maximum atomic E-state index is 13.5. The van der Waals surface area contributed by atoms with Gasteiger partial charge in [0.1, 0.15) is 6.54 Å². The van der Waals surface area contributed by atoms with Gasteiger partial charge in [-0.1, -0.05) is 96.6 Å². The molecule has 0 spiro atoms. The molecule has 1 N–H and O–H groups in total. The van der Waals surface area contributed by atoms with Gasteiger partial charge in [0.25, 0.3) is 10.0 Å². The summed E-state index contributed by atoms with van der Waals surface area (Å²) in [4.78, 5) is 13.5. The minimum Gasteiger partial charge on any atom is -0.344 e. The van der Waals surface area contributed by atoms with Crippen LogP contribution in [0.5, 0.6) is 0 Å². The lowest BCUT2D eigenvalue weighted by atomic mass is 9.97. The number of nitrogens with zero attached hydrogens (tertiary/aromatic N) is 1. The molecule has 4 aromatic rings. The van der Waals surface area contributed by atoms with Crippen molar-refractivity contribution in [3.8, 4) is 0 Å². The van der Waals surface area contributed by atoms with Gasteiger partial charge in [0, 0.05) is 0 Å². The van der Waals surface area contributed by atoms with Crippen LogP contribution in [0.25, 0.3) is 0 Å². The number of nitrogens with one attached hydrogen (secondary N) is 1. The Kier molecular flexibility index (Phi) is 7.09. The highest BCUT2D eigenvalue weighted by Gasteiger charge is 2.28. The largest absolute Gasteiger partial charge is 0.344 e. The number of anilines is 1. The fourth-order valence-corrected chi connectivity index (χ4v) is 5.26. The second kappa shape index (κ2) is 10.4. The Labute approximate surface area is 200 Å². The highest BCUT2D eigenvalue weighted by Crippen LogP contribution is 2.25. The Hall–Kier alpha value is -3.90. The second-order valence-corrected chi connectivity index (χ2v) is 9.85. The lowest BCUT2D eigenvalue weighted by molar-refractivity contribution is -0.120. The smallest absolute Gasteiger partial charge is 0.264 e. The highest BCUT2D eigenvalue weighted by molar-refractivity contribution is 7.92. The molecule has 1 atom stereocenters. The molecule has 4 aromatic carbocycles. The van der Waals surface area contributed by atoms with Gasteiger partial charge in [0.15, 0.2) is 0 Å². The molecule has 0 aromatic heterocycles. The van der Waals surface area contributed by atoms with Gasteiger partial charge in [-0.3, -0.25) is 9.10 Å². The number of rotatable bonds is 8. The number of benzene rings is 4. The van der Waals surface area contributed by atoms with Gasteiger partial charge >= 0.3 is 0 Å². The van der Waals surface area contributed by atoms with Gasteiger partial charge in [-0.15, -0.1) is 0 Å². The maximum Gasteiger partial charge on any atom is 0.264 e. The van der Waals surface area contributed by atoms with E-state index in [2.05, 4.69) is 5.32 Å². The summed E-state index contributed by atoms with van der Waals surface area (Å²) in [5, 5.41) is 3.06. The monoisotopic (exact) mass is 470 g/mol. The average Bonchev–Trinajstić information content (AvgIpc) is 2.87. The van der Waals surface area contributed by atoms with Crippen molar-refractivity contribution in [3.63, 3.8) is 0 Å². The second-order valence-electron chi connectivity index (χ2n) is 7.99. The topological polar surface area (TPSA) is 66.5 Å². The number of hydrogen-bond acceptors (Lipinski definition) is 3. The van der Waals surface area contributed by atoms with Crippen LogP contribution >= 0.6 is 0 Å². The molecule has 0 saturated carbocycles. The van der Waals surface area contributed by atoms with Crippen molar-refractivity contribution in [1.29, 1.82) is 0 Å². The van der Waals surface area contributed by atoms with Crippen molar-refractivity contribution in [3.05, 3.63) is 132 Å². The highest BCUT2D eigenvalue weighted by atomic mass is 32.2. The summed E-state index contributed by atoms with van der Waals surface area (Å²) in [6, 6.07) is 34.0. The Morgan fingerprint density at radius 1 is 0.765 bits per heavy atom. The Morgan fingerprint density at radius 2 is 1.32 bits per heavy atom. The van der Waals surface area contributed by atoms with Crippen LogP contribution in [0.3, 0.4) is 0 Å². The number of amides is 1. The molecule has 172 valence electrons. The van der Waals surface area contributed by atoms with Crippen molar-refractivity contribution in [2.45, 2.75) is 17.9 Å². The molecular weight excluding hydrogens is 444 g/mol. The van der Waals surface area contributed by atoms with Crippen molar-refractivity contribution < 1.29 is 13.2 Å². The van der Waals surface area contributed by atoms with Gasteiger partial charge in [-0.05, 0) is 42.3 Å². The van der Waals surface area contributed by atoms with Crippen LogP contribution in [-0.4, -0.2) is 20.9 Å². The van der Waals surface area contributed by atoms with E-state index in [1.165, 1.54) is 12.1 Å². The Balaban J connectivity index is 1.67. The molecule has 4 rings (SSSR count). The molecule has 0 fully saturated rings. The van der Waals surface area contributed by atoms with Crippen molar-refractivity contribution >= 4 is 21.6 Å². The van der Waals surface area contributed by atoms with Crippen molar-refractivity contribution in [2.75, 3.05) is 10.8 Å². The molecule has 0 aliphatic heterocycles. The standard InChI is InChI=1S/C28H26N2O3S/c1-22-12-11-15-24(20-22)28(23-13-5-2-6-14-23)29-27(31)21-30(25-16-7-3-8-17-25)34(32,33)26-18-9-4-10-19-26/h2-20,28H,21H2,1H3,(H,29,31). The SMILES string of the molecule is Cc1cccc(C(NC(=O)CN(c2ccccc2)S(=O)(=O)c2ccccc2)c2ccccc2)c1. The molecule has 34 heavy (non-hydrogen) atoms. The van der Waals surface area contributed by atoms with E-state index in [1.807, 2.05) is 61.5 Å². The van der Waals surface area contributed by atoms with E-state index < -0.39 is 22.0 Å². The molecule has 0 radical (unpaired) electrons. The molecular formula is C28H26N2O3S. The van der Waals surface area contributed by atoms with E-state index in [1.54, 1.807) is 48.5 Å². The Morgan fingerprint density at radius 3 is 1.94 bits per heavy atom. The number of carbonyl (C=O) groups is 1. The van der Waals surface area contributed by atoms with E-state index in [9.17, 15) is 13.2 Å². The van der Waals surface area contributed by atoms with Gasteiger partial charge in [0.05, 0.1) is 16.6 Å². The summed E-state index contributed by atoms with van der Waals surface area (Å²) in [6.45, 7) is 1.65. The molecule has 6 heteroatoms.